The lowest BCUT2D eigenvalue weighted by molar-refractivity contribution is 0.0701. The minimum atomic E-state index is -0.442. The van der Waals surface area contributed by atoms with Gasteiger partial charge in [0.15, 0.2) is 0 Å². The van der Waals surface area contributed by atoms with E-state index in [1.807, 2.05) is 29.2 Å². The maximum absolute atomic E-state index is 12.5. The Morgan fingerprint density at radius 3 is 2.64 bits per heavy atom. The van der Waals surface area contributed by atoms with E-state index >= 15 is 0 Å². The van der Waals surface area contributed by atoms with Crippen molar-refractivity contribution in [1.82, 2.24) is 10.2 Å². The summed E-state index contributed by atoms with van der Waals surface area (Å²) < 4.78 is 5.84. The van der Waals surface area contributed by atoms with Gasteiger partial charge in [-0.1, -0.05) is 12.1 Å². The van der Waals surface area contributed by atoms with E-state index in [1.54, 1.807) is 0 Å². The zero-order valence-electron chi connectivity index (χ0n) is 12.1. The summed E-state index contributed by atoms with van der Waals surface area (Å²) >= 11 is 7.64. The number of amides is 2. The minimum Gasteiger partial charge on any atom is -0.448 e. The number of alkyl halides is 1. The fraction of sp³-hybridized carbons (Fsp3) is 0.467. The van der Waals surface area contributed by atoms with E-state index in [4.69, 9.17) is 16.3 Å². The van der Waals surface area contributed by atoms with Gasteiger partial charge in [-0.3, -0.25) is 4.79 Å². The number of carbonyl (C=O) groups is 2. The SMILES string of the molecule is O=C(NC1CCN(C(=O)c2ccccc2I)CC1)OCCCl. The summed E-state index contributed by atoms with van der Waals surface area (Å²) in [5, 5.41) is 2.81. The number of benzene rings is 1. The summed E-state index contributed by atoms with van der Waals surface area (Å²) in [6, 6.07) is 7.60. The molecule has 1 aromatic rings. The molecule has 0 unspecified atom stereocenters. The second-order valence-corrected chi connectivity index (χ2v) is 6.56. The summed E-state index contributed by atoms with van der Waals surface area (Å²) in [6.45, 7) is 1.46. The van der Waals surface area contributed by atoms with Crippen LogP contribution in [-0.4, -0.2) is 48.5 Å². The molecular formula is C15H18ClIN2O3. The molecule has 1 N–H and O–H groups in total. The number of ether oxygens (including phenoxy) is 1. The van der Waals surface area contributed by atoms with Crippen LogP contribution in [0.25, 0.3) is 0 Å². The Hall–Kier alpha value is -1.02. The van der Waals surface area contributed by atoms with Crippen molar-refractivity contribution >= 4 is 46.2 Å². The zero-order chi connectivity index (χ0) is 15.9. The maximum Gasteiger partial charge on any atom is 0.407 e. The minimum absolute atomic E-state index is 0.0433. The average molecular weight is 437 g/mol. The van der Waals surface area contributed by atoms with E-state index in [9.17, 15) is 9.59 Å². The molecule has 0 atom stereocenters. The maximum atomic E-state index is 12.5. The molecule has 7 heteroatoms. The standard InChI is InChI=1S/C15H18ClIN2O3/c16-7-10-22-15(21)18-11-5-8-19(9-6-11)14(20)12-3-1-2-4-13(12)17/h1-4,11H,5-10H2,(H,18,21). The quantitative estimate of drug-likeness (QED) is 0.583. The monoisotopic (exact) mass is 436 g/mol. The number of hydrogen-bond acceptors (Lipinski definition) is 3. The fourth-order valence-electron chi connectivity index (χ4n) is 2.37. The topological polar surface area (TPSA) is 58.6 Å². The van der Waals surface area contributed by atoms with Crippen molar-refractivity contribution in [3.8, 4) is 0 Å². The molecule has 0 bridgehead atoms. The molecule has 5 nitrogen and oxygen atoms in total. The first kappa shape index (κ1) is 17.3. The highest BCUT2D eigenvalue weighted by Crippen LogP contribution is 2.18. The van der Waals surface area contributed by atoms with Crippen molar-refractivity contribution in [2.45, 2.75) is 18.9 Å². The van der Waals surface area contributed by atoms with E-state index < -0.39 is 6.09 Å². The van der Waals surface area contributed by atoms with Crippen LogP contribution in [0.2, 0.25) is 0 Å². The molecule has 0 spiro atoms. The van der Waals surface area contributed by atoms with Crippen molar-refractivity contribution in [2.75, 3.05) is 25.6 Å². The summed E-state index contributed by atoms with van der Waals surface area (Å²) in [4.78, 5) is 25.8. The molecule has 2 amide bonds. The first-order valence-corrected chi connectivity index (χ1v) is 8.76. The smallest absolute Gasteiger partial charge is 0.407 e. The van der Waals surface area contributed by atoms with E-state index in [-0.39, 0.29) is 24.4 Å². The van der Waals surface area contributed by atoms with E-state index in [0.717, 1.165) is 22.0 Å². The number of likely N-dealkylation sites (tertiary alicyclic amines) is 1. The van der Waals surface area contributed by atoms with Crippen LogP contribution in [0.5, 0.6) is 0 Å². The van der Waals surface area contributed by atoms with Gasteiger partial charge in [0.1, 0.15) is 6.61 Å². The predicted molar refractivity (Wildman–Crippen MR) is 93.3 cm³/mol. The van der Waals surface area contributed by atoms with Crippen LogP contribution in [0.1, 0.15) is 23.2 Å². The van der Waals surface area contributed by atoms with Crippen molar-refractivity contribution in [1.29, 1.82) is 0 Å². The lowest BCUT2D eigenvalue weighted by atomic mass is 10.0. The number of halogens is 2. The molecule has 1 fully saturated rings. The number of piperidine rings is 1. The van der Waals surface area contributed by atoms with Crippen LogP contribution in [0.15, 0.2) is 24.3 Å². The van der Waals surface area contributed by atoms with Gasteiger partial charge >= 0.3 is 6.09 Å². The third kappa shape index (κ3) is 4.74. The van der Waals surface area contributed by atoms with E-state index in [1.165, 1.54) is 0 Å². The summed E-state index contributed by atoms with van der Waals surface area (Å²) in [5.41, 5.74) is 0.732. The Morgan fingerprint density at radius 1 is 1.32 bits per heavy atom. The number of nitrogens with zero attached hydrogens (tertiary/aromatic N) is 1. The number of rotatable bonds is 4. The van der Waals surface area contributed by atoms with Gasteiger partial charge in [0.05, 0.1) is 11.4 Å². The summed E-state index contributed by atoms with van der Waals surface area (Å²) in [7, 11) is 0. The fourth-order valence-corrected chi connectivity index (χ4v) is 3.07. The molecule has 0 radical (unpaired) electrons. The van der Waals surface area contributed by atoms with Crippen LogP contribution in [0, 0.1) is 3.57 Å². The first-order valence-electron chi connectivity index (χ1n) is 7.15. The number of hydrogen-bond donors (Lipinski definition) is 1. The number of alkyl carbamates (subject to hydrolysis) is 1. The molecule has 1 aliphatic rings. The third-order valence-electron chi connectivity index (χ3n) is 3.52. The van der Waals surface area contributed by atoms with Crippen molar-refractivity contribution in [3.05, 3.63) is 33.4 Å². The lowest BCUT2D eigenvalue weighted by Gasteiger charge is -2.32. The number of nitrogens with one attached hydrogen (secondary N) is 1. The van der Waals surface area contributed by atoms with Gasteiger partial charge in [0.25, 0.3) is 5.91 Å². The van der Waals surface area contributed by atoms with Crippen LogP contribution >= 0.6 is 34.2 Å². The van der Waals surface area contributed by atoms with Gasteiger partial charge in [-0.2, -0.15) is 0 Å². The highest BCUT2D eigenvalue weighted by atomic mass is 127. The second kappa shape index (κ2) is 8.57. The Balaban J connectivity index is 1.83. The third-order valence-corrected chi connectivity index (χ3v) is 4.61. The predicted octanol–water partition coefficient (Wildman–Crippen LogP) is 2.86. The molecule has 0 saturated carbocycles. The Bertz CT molecular complexity index is 533. The molecule has 2 rings (SSSR count). The molecule has 1 aromatic carbocycles. The Morgan fingerprint density at radius 2 is 2.00 bits per heavy atom. The highest BCUT2D eigenvalue weighted by Gasteiger charge is 2.25. The average Bonchev–Trinajstić information content (AvgIpc) is 2.53. The van der Waals surface area contributed by atoms with Crippen molar-refractivity contribution < 1.29 is 14.3 Å². The van der Waals surface area contributed by atoms with E-state index in [2.05, 4.69) is 27.9 Å². The molecule has 0 aromatic heterocycles. The van der Waals surface area contributed by atoms with Gasteiger partial charge in [0.2, 0.25) is 0 Å². The second-order valence-electron chi connectivity index (χ2n) is 5.02. The van der Waals surface area contributed by atoms with Gasteiger partial charge in [-0.05, 0) is 47.6 Å². The van der Waals surface area contributed by atoms with Gasteiger partial charge in [-0.15, -0.1) is 11.6 Å². The van der Waals surface area contributed by atoms with Gasteiger partial charge < -0.3 is 15.0 Å². The zero-order valence-corrected chi connectivity index (χ0v) is 15.0. The lowest BCUT2D eigenvalue weighted by Crippen LogP contribution is -2.46. The molecule has 1 aliphatic heterocycles. The molecule has 0 aliphatic carbocycles. The molecule has 120 valence electrons. The summed E-state index contributed by atoms with van der Waals surface area (Å²) in [5.74, 6) is 0.337. The Labute approximate surface area is 148 Å². The van der Waals surface area contributed by atoms with Crippen molar-refractivity contribution in [2.24, 2.45) is 0 Å². The largest absolute Gasteiger partial charge is 0.448 e. The number of carbonyl (C=O) groups excluding carboxylic acids is 2. The van der Waals surface area contributed by atoms with Crippen LogP contribution in [-0.2, 0) is 4.74 Å². The highest BCUT2D eigenvalue weighted by molar-refractivity contribution is 14.1. The Kier molecular flexibility index (Phi) is 6.75. The van der Waals surface area contributed by atoms with Crippen LogP contribution < -0.4 is 5.32 Å². The first-order chi connectivity index (χ1) is 10.6. The van der Waals surface area contributed by atoms with Gasteiger partial charge in [-0.25, -0.2) is 4.79 Å². The molecule has 22 heavy (non-hydrogen) atoms. The van der Waals surface area contributed by atoms with E-state index in [0.29, 0.717) is 13.1 Å². The molecule has 1 saturated heterocycles. The molecular weight excluding hydrogens is 419 g/mol. The van der Waals surface area contributed by atoms with Gasteiger partial charge in [0, 0.05) is 22.7 Å². The van der Waals surface area contributed by atoms with Crippen LogP contribution in [0.3, 0.4) is 0 Å². The molecule has 1 heterocycles. The van der Waals surface area contributed by atoms with Crippen LogP contribution in [0.4, 0.5) is 4.79 Å². The normalized spacial score (nSPS) is 15.5. The summed E-state index contributed by atoms with van der Waals surface area (Å²) in [6.07, 6.45) is 1.01. The van der Waals surface area contributed by atoms with Crippen molar-refractivity contribution in [3.63, 3.8) is 0 Å².